The van der Waals surface area contributed by atoms with E-state index >= 15 is 0 Å². The molecule has 0 spiro atoms. The van der Waals surface area contributed by atoms with Gasteiger partial charge in [0.25, 0.3) is 0 Å². The summed E-state index contributed by atoms with van der Waals surface area (Å²) in [4.78, 5) is 0. The molecule has 0 aliphatic rings. The Kier molecular flexibility index (Phi) is 4.46. The number of hydrogen-bond donors (Lipinski definition) is 2. The fourth-order valence-corrected chi connectivity index (χ4v) is 2.00. The van der Waals surface area contributed by atoms with Gasteiger partial charge in [0.15, 0.2) is 0 Å². The number of benzene rings is 1. The van der Waals surface area contributed by atoms with Gasteiger partial charge in [-0.3, -0.25) is 0 Å². The van der Waals surface area contributed by atoms with Gasteiger partial charge in [-0.1, -0.05) is 24.3 Å². The zero-order valence-electron chi connectivity index (χ0n) is 9.60. The Morgan fingerprint density at radius 3 is 2.56 bits per heavy atom. The molecule has 0 saturated heterocycles. The van der Waals surface area contributed by atoms with Crippen molar-refractivity contribution in [3.05, 3.63) is 35.4 Å². The molecule has 0 saturated carbocycles. The number of sulfonamides is 1. The van der Waals surface area contributed by atoms with Crippen molar-refractivity contribution < 1.29 is 8.42 Å². The third-order valence-electron chi connectivity index (χ3n) is 2.49. The van der Waals surface area contributed by atoms with Gasteiger partial charge in [0.1, 0.15) is 0 Å². The van der Waals surface area contributed by atoms with E-state index in [0.717, 1.165) is 0 Å². The second-order valence-electron chi connectivity index (χ2n) is 3.90. The second-order valence-corrected chi connectivity index (χ2v) is 5.63. The maximum Gasteiger partial charge on any atom is 0.210 e. The summed E-state index contributed by atoms with van der Waals surface area (Å²) in [5.74, 6) is -0.0385. The third-order valence-corrected chi connectivity index (χ3v) is 3.27. The Labute approximate surface area is 96.9 Å². The molecule has 1 aromatic rings. The summed E-state index contributed by atoms with van der Waals surface area (Å²) in [6.45, 7) is 4.41. The molecule has 5 heteroatoms. The lowest BCUT2D eigenvalue weighted by Crippen LogP contribution is -2.29. The fraction of sp³-hybridized carbons (Fsp3) is 0.455. The van der Waals surface area contributed by atoms with E-state index in [9.17, 15) is 8.42 Å². The van der Waals surface area contributed by atoms with Crippen LogP contribution in [0, 0.1) is 6.92 Å². The molecular formula is C11H18N2O2S. The highest BCUT2D eigenvalue weighted by atomic mass is 32.2. The zero-order chi connectivity index (χ0) is 12.2. The van der Waals surface area contributed by atoms with E-state index in [4.69, 9.17) is 5.14 Å². The smallest absolute Gasteiger partial charge is 0.210 e. The maximum absolute atomic E-state index is 10.8. The Morgan fingerprint density at radius 1 is 1.38 bits per heavy atom. The molecule has 0 unspecified atom stereocenters. The Bertz CT molecular complexity index is 443. The van der Waals surface area contributed by atoms with Gasteiger partial charge in [-0.2, -0.15) is 0 Å². The van der Waals surface area contributed by atoms with Crippen LogP contribution in [-0.4, -0.2) is 20.7 Å². The second kappa shape index (κ2) is 5.43. The van der Waals surface area contributed by atoms with Gasteiger partial charge < -0.3 is 5.32 Å². The molecule has 16 heavy (non-hydrogen) atoms. The van der Waals surface area contributed by atoms with Crippen LogP contribution >= 0.6 is 0 Å². The monoisotopic (exact) mass is 242 g/mol. The van der Waals surface area contributed by atoms with Crippen molar-refractivity contribution in [1.29, 1.82) is 0 Å². The lowest BCUT2D eigenvalue weighted by molar-refractivity contribution is 0.572. The van der Waals surface area contributed by atoms with Crippen LogP contribution in [0.15, 0.2) is 24.3 Å². The van der Waals surface area contributed by atoms with Crippen molar-refractivity contribution in [2.24, 2.45) is 5.14 Å². The van der Waals surface area contributed by atoms with Crippen LogP contribution in [0.25, 0.3) is 0 Å². The summed E-state index contributed by atoms with van der Waals surface area (Å²) in [6, 6.07) is 8.15. The first kappa shape index (κ1) is 13.2. The minimum atomic E-state index is -3.37. The summed E-state index contributed by atoms with van der Waals surface area (Å²) in [5.41, 5.74) is 2.37. The van der Waals surface area contributed by atoms with E-state index in [1.54, 1.807) is 0 Å². The largest absolute Gasteiger partial charge is 0.309 e. The van der Waals surface area contributed by atoms with Crippen LogP contribution in [0.1, 0.15) is 24.1 Å². The highest BCUT2D eigenvalue weighted by Gasteiger charge is 2.08. The highest BCUT2D eigenvalue weighted by molar-refractivity contribution is 7.89. The predicted molar refractivity (Wildman–Crippen MR) is 65.6 cm³/mol. The standard InChI is InChI=1S/C11H18N2O2S/c1-9-5-3-4-6-11(9)10(2)13-7-8-16(12,14)15/h3-6,10,13H,7-8H2,1-2H3,(H2,12,14,15)/t10-/m1/s1. The van der Waals surface area contributed by atoms with Crippen LogP contribution in [0.2, 0.25) is 0 Å². The number of primary sulfonamides is 1. The minimum Gasteiger partial charge on any atom is -0.309 e. The van der Waals surface area contributed by atoms with Crippen LogP contribution < -0.4 is 10.5 Å². The van der Waals surface area contributed by atoms with Gasteiger partial charge in [0.2, 0.25) is 10.0 Å². The van der Waals surface area contributed by atoms with E-state index in [-0.39, 0.29) is 11.8 Å². The molecule has 3 N–H and O–H groups in total. The van der Waals surface area contributed by atoms with Crippen molar-refractivity contribution in [3.63, 3.8) is 0 Å². The van der Waals surface area contributed by atoms with Crippen LogP contribution in [0.3, 0.4) is 0 Å². The molecule has 0 amide bonds. The zero-order valence-corrected chi connectivity index (χ0v) is 10.4. The molecule has 1 aromatic carbocycles. The van der Waals surface area contributed by atoms with Gasteiger partial charge >= 0.3 is 0 Å². The van der Waals surface area contributed by atoms with Crippen LogP contribution in [0.4, 0.5) is 0 Å². The van der Waals surface area contributed by atoms with Crippen molar-refractivity contribution in [2.45, 2.75) is 19.9 Å². The van der Waals surface area contributed by atoms with Gasteiger partial charge in [-0.25, -0.2) is 13.6 Å². The molecule has 0 radical (unpaired) electrons. The van der Waals surface area contributed by atoms with E-state index in [2.05, 4.69) is 5.32 Å². The van der Waals surface area contributed by atoms with Crippen molar-refractivity contribution in [2.75, 3.05) is 12.3 Å². The molecule has 0 heterocycles. The summed E-state index contributed by atoms with van der Waals surface area (Å²) in [5, 5.41) is 8.06. The summed E-state index contributed by atoms with van der Waals surface area (Å²) < 4.78 is 21.5. The SMILES string of the molecule is Cc1ccccc1[C@@H](C)NCCS(N)(=O)=O. The molecule has 0 fully saturated rings. The Hall–Kier alpha value is -0.910. The quantitative estimate of drug-likeness (QED) is 0.807. The summed E-state index contributed by atoms with van der Waals surface area (Å²) in [7, 11) is -3.37. The topological polar surface area (TPSA) is 72.2 Å². The number of rotatable bonds is 5. The number of nitrogens with two attached hydrogens (primary N) is 1. The Morgan fingerprint density at radius 2 is 2.00 bits per heavy atom. The van der Waals surface area contributed by atoms with Crippen LogP contribution in [-0.2, 0) is 10.0 Å². The van der Waals surface area contributed by atoms with Crippen molar-refractivity contribution in [1.82, 2.24) is 5.32 Å². The van der Waals surface area contributed by atoms with E-state index < -0.39 is 10.0 Å². The first-order chi connectivity index (χ1) is 7.40. The molecule has 4 nitrogen and oxygen atoms in total. The molecule has 1 rings (SSSR count). The molecule has 0 aromatic heterocycles. The number of aryl methyl sites for hydroxylation is 1. The molecule has 1 atom stereocenters. The molecule has 0 aliphatic carbocycles. The fourth-order valence-electron chi connectivity index (χ4n) is 1.60. The Balaban J connectivity index is 2.54. The summed E-state index contributed by atoms with van der Waals surface area (Å²) in [6.07, 6.45) is 0. The van der Waals surface area contributed by atoms with Gasteiger partial charge in [-0.15, -0.1) is 0 Å². The number of hydrogen-bond acceptors (Lipinski definition) is 3. The minimum absolute atomic E-state index is 0.0385. The van der Waals surface area contributed by atoms with Crippen molar-refractivity contribution >= 4 is 10.0 Å². The lowest BCUT2D eigenvalue weighted by atomic mass is 10.0. The predicted octanol–water partition coefficient (Wildman–Crippen LogP) is 0.934. The van der Waals surface area contributed by atoms with E-state index in [0.29, 0.717) is 6.54 Å². The first-order valence-electron chi connectivity index (χ1n) is 5.19. The van der Waals surface area contributed by atoms with Gasteiger partial charge in [0, 0.05) is 12.6 Å². The average Bonchev–Trinajstić information content (AvgIpc) is 2.16. The molecule has 0 aliphatic heterocycles. The third kappa shape index (κ3) is 4.30. The van der Waals surface area contributed by atoms with Gasteiger partial charge in [0.05, 0.1) is 5.75 Å². The number of nitrogens with one attached hydrogen (secondary N) is 1. The van der Waals surface area contributed by atoms with Crippen molar-refractivity contribution in [3.8, 4) is 0 Å². The average molecular weight is 242 g/mol. The first-order valence-corrected chi connectivity index (χ1v) is 6.91. The van der Waals surface area contributed by atoms with Gasteiger partial charge in [-0.05, 0) is 25.0 Å². The molecule has 0 bridgehead atoms. The highest BCUT2D eigenvalue weighted by Crippen LogP contribution is 2.15. The summed E-state index contributed by atoms with van der Waals surface area (Å²) >= 11 is 0. The molecule has 90 valence electrons. The van der Waals surface area contributed by atoms with E-state index in [1.807, 2.05) is 38.1 Å². The van der Waals surface area contributed by atoms with Crippen LogP contribution in [0.5, 0.6) is 0 Å². The molecular weight excluding hydrogens is 224 g/mol. The normalized spacial score (nSPS) is 13.7. The van der Waals surface area contributed by atoms with E-state index in [1.165, 1.54) is 11.1 Å². The maximum atomic E-state index is 10.8. The lowest BCUT2D eigenvalue weighted by Gasteiger charge is -2.15.